The number of halogens is 2. The molecule has 0 aliphatic carbocycles. The van der Waals surface area contributed by atoms with Crippen LogP contribution in [0, 0.1) is 0 Å². The van der Waals surface area contributed by atoms with E-state index in [9.17, 15) is 4.79 Å². The summed E-state index contributed by atoms with van der Waals surface area (Å²) in [6.45, 7) is 2.17. The fraction of sp³-hybridized carbons (Fsp3) is 0.214. The van der Waals surface area contributed by atoms with Crippen LogP contribution in [0.4, 0.5) is 5.69 Å². The Hall–Kier alpha value is -0.850. The smallest absolute Gasteiger partial charge is 0.334 e. The van der Waals surface area contributed by atoms with Gasteiger partial charge in [-0.05, 0) is 59.3 Å². The number of hydrogen-bond acceptors (Lipinski definition) is 4. The van der Waals surface area contributed by atoms with Gasteiger partial charge in [0.2, 0.25) is 0 Å². The van der Waals surface area contributed by atoms with E-state index in [0.717, 1.165) is 18.8 Å². The molecule has 2 aromatic rings. The Morgan fingerprint density at radius 1 is 1.25 bits per heavy atom. The number of esters is 1. The SMILES string of the molecule is CCOC(=O)C(Nc1ccc(Br)cc1)c1ccc(Br)s1. The van der Waals surface area contributed by atoms with Crippen molar-refractivity contribution in [2.45, 2.75) is 13.0 Å². The molecular weight excluding hydrogens is 406 g/mol. The molecule has 0 aliphatic rings. The van der Waals surface area contributed by atoms with Crippen molar-refractivity contribution in [2.75, 3.05) is 11.9 Å². The van der Waals surface area contributed by atoms with Gasteiger partial charge < -0.3 is 10.1 Å². The first-order chi connectivity index (χ1) is 9.60. The molecular formula is C14H13Br2NO2S. The standard InChI is InChI=1S/C14H13Br2NO2S/c1-2-19-14(18)13(11-7-8-12(16)20-11)17-10-5-3-9(15)4-6-10/h3-8,13,17H,2H2,1H3. The topological polar surface area (TPSA) is 38.3 Å². The van der Waals surface area contributed by atoms with E-state index >= 15 is 0 Å². The maximum Gasteiger partial charge on any atom is 0.334 e. The number of benzene rings is 1. The lowest BCUT2D eigenvalue weighted by Crippen LogP contribution is -2.22. The second kappa shape index (κ2) is 7.24. The number of carbonyl (C=O) groups is 1. The van der Waals surface area contributed by atoms with Crippen molar-refractivity contribution in [3.63, 3.8) is 0 Å². The Kier molecular flexibility index (Phi) is 5.63. The van der Waals surface area contributed by atoms with Gasteiger partial charge in [0.1, 0.15) is 0 Å². The molecule has 1 atom stereocenters. The highest BCUT2D eigenvalue weighted by molar-refractivity contribution is 9.11. The molecule has 0 aliphatic heterocycles. The predicted octanol–water partition coefficient (Wildman–Crippen LogP) is 4.99. The first kappa shape index (κ1) is 15.5. The van der Waals surface area contributed by atoms with Crippen molar-refractivity contribution in [1.82, 2.24) is 0 Å². The average Bonchev–Trinajstić information content (AvgIpc) is 2.84. The fourth-order valence-corrected chi connectivity index (χ4v) is 3.40. The van der Waals surface area contributed by atoms with E-state index in [2.05, 4.69) is 37.2 Å². The molecule has 0 spiro atoms. The zero-order chi connectivity index (χ0) is 14.5. The summed E-state index contributed by atoms with van der Waals surface area (Å²) in [5.41, 5.74) is 0.871. The van der Waals surface area contributed by atoms with Crippen molar-refractivity contribution in [3.05, 3.63) is 49.5 Å². The van der Waals surface area contributed by atoms with E-state index in [1.807, 2.05) is 36.4 Å². The van der Waals surface area contributed by atoms with Crippen LogP contribution in [0.3, 0.4) is 0 Å². The third-order valence-electron chi connectivity index (χ3n) is 2.56. The molecule has 106 valence electrons. The number of anilines is 1. The molecule has 0 amide bonds. The molecule has 1 aromatic carbocycles. The largest absolute Gasteiger partial charge is 0.464 e. The lowest BCUT2D eigenvalue weighted by atomic mass is 10.2. The Morgan fingerprint density at radius 2 is 1.95 bits per heavy atom. The van der Waals surface area contributed by atoms with Crippen LogP contribution in [0.5, 0.6) is 0 Å². The van der Waals surface area contributed by atoms with E-state index in [1.54, 1.807) is 6.92 Å². The van der Waals surface area contributed by atoms with Crippen molar-refractivity contribution in [2.24, 2.45) is 0 Å². The highest BCUT2D eigenvalue weighted by Gasteiger charge is 2.23. The third kappa shape index (κ3) is 4.07. The lowest BCUT2D eigenvalue weighted by Gasteiger charge is -2.17. The number of hydrogen-bond donors (Lipinski definition) is 1. The zero-order valence-electron chi connectivity index (χ0n) is 10.7. The summed E-state index contributed by atoms with van der Waals surface area (Å²) >= 11 is 8.32. The summed E-state index contributed by atoms with van der Waals surface area (Å²) in [4.78, 5) is 13.0. The second-order valence-corrected chi connectivity index (χ2v) is 7.39. The Bertz CT molecular complexity index is 583. The van der Waals surface area contributed by atoms with Gasteiger partial charge in [-0.25, -0.2) is 4.79 Å². The molecule has 1 heterocycles. The number of ether oxygens (including phenoxy) is 1. The van der Waals surface area contributed by atoms with Crippen molar-refractivity contribution in [3.8, 4) is 0 Å². The molecule has 1 aromatic heterocycles. The summed E-state index contributed by atoms with van der Waals surface area (Å²) in [5, 5.41) is 3.21. The Balaban J connectivity index is 2.22. The molecule has 2 rings (SSSR count). The zero-order valence-corrected chi connectivity index (χ0v) is 14.7. The minimum atomic E-state index is -0.493. The first-order valence-electron chi connectivity index (χ1n) is 6.04. The summed E-state index contributed by atoms with van der Waals surface area (Å²) in [5.74, 6) is -0.273. The molecule has 0 bridgehead atoms. The van der Waals surface area contributed by atoms with E-state index in [4.69, 9.17) is 4.74 Å². The molecule has 0 radical (unpaired) electrons. The molecule has 1 unspecified atom stereocenters. The van der Waals surface area contributed by atoms with Crippen LogP contribution in [-0.2, 0) is 9.53 Å². The van der Waals surface area contributed by atoms with Crippen LogP contribution in [0.1, 0.15) is 17.8 Å². The van der Waals surface area contributed by atoms with Gasteiger partial charge in [0.25, 0.3) is 0 Å². The fourth-order valence-electron chi connectivity index (χ4n) is 1.67. The highest BCUT2D eigenvalue weighted by Crippen LogP contribution is 2.30. The lowest BCUT2D eigenvalue weighted by molar-refractivity contribution is -0.144. The van der Waals surface area contributed by atoms with Crippen molar-refractivity contribution in [1.29, 1.82) is 0 Å². The summed E-state index contributed by atoms with van der Waals surface area (Å²) in [6.07, 6.45) is 0. The van der Waals surface area contributed by atoms with Gasteiger partial charge >= 0.3 is 5.97 Å². The summed E-state index contributed by atoms with van der Waals surface area (Å²) in [7, 11) is 0. The van der Waals surface area contributed by atoms with Crippen LogP contribution in [0.2, 0.25) is 0 Å². The van der Waals surface area contributed by atoms with E-state index in [1.165, 1.54) is 11.3 Å². The summed E-state index contributed by atoms with van der Waals surface area (Å²) in [6, 6.07) is 11.0. The minimum Gasteiger partial charge on any atom is -0.464 e. The maximum atomic E-state index is 12.1. The second-order valence-electron chi connectivity index (χ2n) is 3.98. The van der Waals surface area contributed by atoms with Crippen molar-refractivity contribution < 1.29 is 9.53 Å². The van der Waals surface area contributed by atoms with Gasteiger partial charge in [-0.1, -0.05) is 15.9 Å². The van der Waals surface area contributed by atoms with Crippen LogP contribution in [0.15, 0.2) is 44.7 Å². The van der Waals surface area contributed by atoms with Crippen molar-refractivity contribution >= 4 is 54.9 Å². The molecule has 0 fully saturated rings. The Morgan fingerprint density at radius 3 is 2.50 bits per heavy atom. The molecule has 0 saturated carbocycles. The number of nitrogens with one attached hydrogen (secondary N) is 1. The van der Waals surface area contributed by atoms with Gasteiger partial charge in [0, 0.05) is 15.0 Å². The Labute approximate surface area is 138 Å². The van der Waals surface area contributed by atoms with Crippen LogP contribution >= 0.6 is 43.2 Å². The number of thiophene rings is 1. The molecule has 20 heavy (non-hydrogen) atoms. The quantitative estimate of drug-likeness (QED) is 0.695. The molecule has 3 nitrogen and oxygen atoms in total. The maximum absolute atomic E-state index is 12.1. The van der Waals surface area contributed by atoms with E-state index < -0.39 is 6.04 Å². The van der Waals surface area contributed by atoms with Gasteiger partial charge in [-0.2, -0.15) is 0 Å². The first-order valence-corrected chi connectivity index (χ1v) is 8.44. The van der Waals surface area contributed by atoms with Gasteiger partial charge in [0.05, 0.1) is 10.4 Å². The van der Waals surface area contributed by atoms with Gasteiger partial charge in [0.15, 0.2) is 6.04 Å². The predicted molar refractivity (Wildman–Crippen MR) is 89.2 cm³/mol. The normalized spacial score (nSPS) is 11.9. The summed E-state index contributed by atoms with van der Waals surface area (Å²) < 4.78 is 7.12. The van der Waals surface area contributed by atoms with E-state index in [-0.39, 0.29) is 5.97 Å². The molecule has 6 heteroatoms. The van der Waals surface area contributed by atoms with Crippen LogP contribution in [0.25, 0.3) is 0 Å². The molecule has 0 saturated heterocycles. The third-order valence-corrected chi connectivity index (χ3v) is 4.77. The van der Waals surface area contributed by atoms with Gasteiger partial charge in [-0.15, -0.1) is 11.3 Å². The average molecular weight is 419 g/mol. The van der Waals surface area contributed by atoms with Crippen LogP contribution < -0.4 is 5.32 Å². The molecule has 1 N–H and O–H groups in total. The number of carbonyl (C=O) groups excluding carboxylic acids is 1. The van der Waals surface area contributed by atoms with Crippen LogP contribution in [-0.4, -0.2) is 12.6 Å². The number of rotatable bonds is 5. The monoisotopic (exact) mass is 417 g/mol. The van der Waals surface area contributed by atoms with E-state index in [0.29, 0.717) is 6.61 Å². The highest BCUT2D eigenvalue weighted by atomic mass is 79.9. The minimum absolute atomic E-state index is 0.273. The van der Waals surface area contributed by atoms with Gasteiger partial charge in [-0.3, -0.25) is 0 Å².